The molecule has 2 atom stereocenters. The summed E-state index contributed by atoms with van der Waals surface area (Å²) in [6.45, 7) is 2.86. The van der Waals surface area contributed by atoms with Gasteiger partial charge in [0.05, 0.1) is 12.0 Å². The number of aliphatic carboxylic acids is 1. The van der Waals surface area contributed by atoms with Gasteiger partial charge >= 0.3 is 12.0 Å². The van der Waals surface area contributed by atoms with Crippen molar-refractivity contribution in [1.29, 1.82) is 0 Å². The van der Waals surface area contributed by atoms with Crippen molar-refractivity contribution in [1.82, 2.24) is 10.2 Å². The van der Waals surface area contributed by atoms with E-state index in [1.54, 1.807) is 6.92 Å². The molecule has 0 bridgehead atoms. The van der Waals surface area contributed by atoms with Crippen molar-refractivity contribution in [3.05, 3.63) is 0 Å². The molecule has 0 saturated carbocycles. The number of nitrogens with zero attached hydrogens (tertiary/aromatic N) is 1. The first-order chi connectivity index (χ1) is 8.04. The van der Waals surface area contributed by atoms with Crippen LogP contribution in [0.2, 0.25) is 0 Å². The van der Waals surface area contributed by atoms with Gasteiger partial charge in [-0.3, -0.25) is 4.79 Å². The van der Waals surface area contributed by atoms with Crippen molar-refractivity contribution in [2.75, 3.05) is 19.6 Å². The Morgan fingerprint density at radius 2 is 2.24 bits per heavy atom. The van der Waals surface area contributed by atoms with Gasteiger partial charge in [-0.05, 0) is 19.3 Å². The molecule has 1 aliphatic heterocycles. The molecule has 6 heteroatoms. The fourth-order valence-electron chi connectivity index (χ4n) is 1.87. The van der Waals surface area contributed by atoms with Gasteiger partial charge in [0.25, 0.3) is 0 Å². The fourth-order valence-corrected chi connectivity index (χ4v) is 1.87. The molecule has 1 heterocycles. The van der Waals surface area contributed by atoms with Crippen LogP contribution in [0.25, 0.3) is 0 Å². The molecule has 17 heavy (non-hydrogen) atoms. The van der Waals surface area contributed by atoms with Crippen molar-refractivity contribution in [3.63, 3.8) is 0 Å². The number of carboxylic acid groups (broad SMARTS) is 1. The van der Waals surface area contributed by atoms with Gasteiger partial charge in [0.1, 0.15) is 0 Å². The largest absolute Gasteiger partial charge is 0.481 e. The highest BCUT2D eigenvalue weighted by Crippen LogP contribution is 2.10. The summed E-state index contributed by atoms with van der Waals surface area (Å²) in [5.41, 5.74) is 0. The Kier molecular flexibility index (Phi) is 5.21. The predicted molar refractivity (Wildman–Crippen MR) is 61.6 cm³/mol. The summed E-state index contributed by atoms with van der Waals surface area (Å²) >= 11 is 0. The van der Waals surface area contributed by atoms with E-state index in [9.17, 15) is 14.7 Å². The number of urea groups is 1. The smallest absolute Gasteiger partial charge is 0.317 e. The molecule has 0 spiro atoms. The highest BCUT2D eigenvalue weighted by atomic mass is 16.4. The van der Waals surface area contributed by atoms with Crippen molar-refractivity contribution >= 4 is 12.0 Å². The fraction of sp³-hybridized carbons (Fsp3) is 0.818. The van der Waals surface area contributed by atoms with Crippen LogP contribution in [0, 0.1) is 5.92 Å². The summed E-state index contributed by atoms with van der Waals surface area (Å²) in [6, 6.07) is -0.288. The van der Waals surface area contributed by atoms with E-state index in [2.05, 4.69) is 5.32 Å². The molecule has 1 fully saturated rings. The van der Waals surface area contributed by atoms with Gasteiger partial charge in [0.15, 0.2) is 0 Å². The Labute approximate surface area is 101 Å². The lowest BCUT2D eigenvalue weighted by molar-refractivity contribution is -0.141. The van der Waals surface area contributed by atoms with E-state index >= 15 is 0 Å². The van der Waals surface area contributed by atoms with Gasteiger partial charge in [0, 0.05) is 19.6 Å². The molecule has 2 amide bonds. The third-order valence-corrected chi connectivity index (χ3v) is 3.03. The summed E-state index contributed by atoms with van der Waals surface area (Å²) in [5.74, 6) is -1.44. The normalized spacial score (nSPS) is 22.0. The number of piperidine rings is 1. The van der Waals surface area contributed by atoms with Gasteiger partial charge in [-0.25, -0.2) is 4.79 Å². The van der Waals surface area contributed by atoms with Crippen molar-refractivity contribution in [3.8, 4) is 0 Å². The van der Waals surface area contributed by atoms with Crippen LogP contribution in [0.1, 0.15) is 26.2 Å². The molecule has 0 aromatic rings. The van der Waals surface area contributed by atoms with Crippen LogP contribution in [0.4, 0.5) is 4.79 Å². The zero-order valence-electron chi connectivity index (χ0n) is 10.1. The Morgan fingerprint density at radius 1 is 1.53 bits per heavy atom. The van der Waals surface area contributed by atoms with Crippen LogP contribution < -0.4 is 5.32 Å². The SMILES string of the molecule is CCC(CNC(=O)N1CCCC(O)C1)C(=O)O. The summed E-state index contributed by atoms with van der Waals surface area (Å²) < 4.78 is 0. The Balaban J connectivity index is 2.35. The van der Waals surface area contributed by atoms with E-state index in [1.807, 2.05) is 0 Å². The molecule has 98 valence electrons. The zero-order chi connectivity index (χ0) is 12.8. The first-order valence-electron chi connectivity index (χ1n) is 5.98. The Morgan fingerprint density at radius 3 is 2.76 bits per heavy atom. The zero-order valence-corrected chi connectivity index (χ0v) is 10.1. The number of aliphatic hydroxyl groups excluding tert-OH is 1. The predicted octanol–water partition coefficient (Wildman–Crippen LogP) is 0.263. The third-order valence-electron chi connectivity index (χ3n) is 3.03. The minimum atomic E-state index is -0.897. The van der Waals surface area contributed by atoms with Crippen LogP contribution in [0.15, 0.2) is 0 Å². The van der Waals surface area contributed by atoms with Crippen LogP contribution in [0.5, 0.6) is 0 Å². The molecule has 6 nitrogen and oxygen atoms in total. The third kappa shape index (κ3) is 4.22. The van der Waals surface area contributed by atoms with Crippen molar-refractivity contribution in [2.45, 2.75) is 32.3 Å². The average molecular weight is 244 g/mol. The Hall–Kier alpha value is -1.30. The van der Waals surface area contributed by atoms with Crippen LogP contribution in [-0.4, -0.2) is 52.9 Å². The number of carbonyl (C=O) groups is 2. The second-order valence-corrected chi connectivity index (χ2v) is 4.37. The van der Waals surface area contributed by atoms with E-state index in [4.69, 9.17) is 5.11 Å². The topological polar surface area (TPSA) is 89.9 Å². The number of likely N-dealkylation sites (tertiary alicyclic amines) is 1. The highest BCUT2D eigenvalue weighted by Gasteiger charge is 2.23. The van der Waals surface area contributed by atoms with Crippen LogP contribution >= 0.6 is 0 Å². The van der Waals surface area contributed by atoms with Gasteiger partial charge < -0.3 is 20.4 Å². The minimum Gasteiger partial charge on any atom is -0.481 e. The highest BCUT2D eigenvalue weighted by molar-refractivity contribution is 5.76. The standard InChI is InChI=1S/C11H20N2O4/c1-2-8(10(15)16)6-12-11(17)13-5-3-4-9(14)7-13/h8-9,14H,2-7H2,1H3,(H,12,17)(H,15,16). The van der Waals surface area contributed by atoms with Gasteiger partial charge in [-0.2, -0.15) is 0 Å². The van der Waals surface area contributed by atoms with E-state index in [0.717, 1.165) is 12.8 Å². The molecule has 1 rings (SSSR count). The summed E-state index contributed by atoms with van der Waals surface area (Å²) in [7, 11) is 0. The molecule has 1 aliphatic rings. The number of hydrogen-bond donors (Lipinski definition) is 3. The van der Waals surface area contributed by atoms with Gasteiger partial charge in [-0.1, -0.05) is 6.92 Å². The summed E-state index contributed by atoms with van der Waals surface area (Å²) in [4.78, 5) is 24.0. The maximum absolute atomic E-state index is 11.7. The number of β-amino-alcohol motifs (C(OH)–C–C–N with tert-alkyl or cyclic N) is 1. The summed E-state index contributed by atoms with van der Waals surface area (Å²) in [6.07, 6.45) is 1.52. The van der Waals surface area contributed by atoms with Gasteiger partial charge in [-0.15, -0.1) is 0 Å². The second-order valence-electron chi connectivity index (χ2n) is 4.37. The van der Waals surface area contributed by atoms with E-state index in [0.29, 0.717) is 19.5 Å². The molecule has 3 N–H and O–H groups in total. The molecule has 0 aliphatic carbocycles. The van der Waals surface area contributed by atoms with E-state index in [-0.39, 0.29) is 12.6 Å². The van der Waals surface area contributed by atoms with Crippen molar-refractivity contribution in [2.24, 2.45) is 5.92 Å². The Bertz CT molecular complexity index is 283. The maximum atomic E-state index is 11.7. The lowest BCUT2D eigenvalue weighted by atomic mass is 10.1. The minimum absolute atomic E-state index is 0.136. The number of rotatable bonds is 4. The van der Waals surface area contributed by atoms with Gasteiger partial charge in [0.2, 0.25) is 0 Å². The maximum Gasteiger partial charge on any atom is 0.317 e. The molecule has 0 aromatic heterocycles. The quantitative estimate of drug-likeness (QED) is 0.662. The molecule has 1 saturated heterocycles. The average Bonchev–Trinajstić information content (AvgIpc) is 2.29. The summed E-state index contributed by atoms with van der Waals surface area (Å²) in [5, 5.41) is 20.9. The molecule has 2 unspecified atom stereocenters. The first-order valence-corrected chi connectivity index (χ1v) is 5.98. The number of hydrogen-bond acceptors (Lipinski definition) is 3. The van der Waals surface area contributed by atoms with Crippen LogP contribution in [0.3, 0.4) is 0 Å². The molecule has 0 radical (unpaired) electrons. The number of amides is 2. The molecule has 0 aromatic carbocycles. The van der Waals surface area contributed by atoms with Crippen LogP contribution in [-0.2, 0) is 4.79 Å². The lowest BCUT2D eigenvalue weighted by Gasteiger charge is -2.30. The lowest BCUT2D eigenvalue weighted by Crippen LogP contribution is -2.48. The first kappa shape index (κ1) is 13.8. The number of nitrogens with one attached hydrogen (secondary N) is 1. The number of aliphatic hydroxyl groups is 1. The number of carboxylic acids is 1. The van der Waals surface area contributed by atoms with E-state index in [1.165, 1.54) is 4.90 Å². The van der Waals surface area contributed by atoms with E-state index < -0.39 is 18.0 Å². The molecular weight excluding hydrogens is 224 g/mol. The van der Waals surface area contributed by atoms with Crippen molar-refractivity contribution < 1.29 is 19.8 Å². The monoisotopic (exact) mass is 244 g/mol. The second kappa shape index (κ2) is 6.44. The molecular formula is C11H20N2O4. The number of carbonyl (C=O) groups excluding carboxylic acids is 1.